The first-order valence-electron chi connectivity index (χ1n) is 8.89. The zero-order valence-corrected chi connectivity index (χ0v) is 16.4. The van der Waals surface area contributed by atoms with E-state index in [9.17, 15) is 4.79 Å². The van der Waals surface area contributed by atoms with E-state index in [1.54, 1.807) is 36.7 Å². The summed E-state index contributed by atoms with van der Waals surface area (Å²) < 4.78 is 5.74. The number of fused-ring (bicyclic) bond motifs is 3. The van der Waals surface area contributed by atoms with Crippen molar-refractivity contribution in [1.29, 1.82) is 0 Å². The Bertz CT molecular complexity index is 1250. The van der Waals surface area contributed by atoms with Gasteiger partial charge in [-0.1, -0.05) is 59.6 Å². The molecule has 4 aromatic rings. The number of aromatic nitrogens is 2. The van der Waals surface area contributed by atoms with Crippen LogP contribution in [0, 0.1) is 0 Å². The highest BCUT2D eigenvalue weighted by molar-refractivity contribution is 6.42. The van der Waals surface area contributed by atoms with Gasteiger partial charge >= 0.3 is 6.09 Å². The number of rotatable bonds is 2. The molecule has 0 bridgehead atoms. The van der Waals surface area contributed by atoms with Gasteiger partial charge in [0.1, 0.15) is 11.3 Å². The number of anilines is 1. The standard InChI is InChI=1S/C22H13Cl2N3O2/c23-16-7-3-6-14(18(16)24)20-15-10-9-13-5-4-12-26-19(13)21(15)29-22(28)27(20)17-8-1-2-11-25-17/h1-12,20H. The second-order valence-electron chi connectivity index (χ2n) is 6.53. The molecule has 142 valence electrons. The first kappa shape index (κ1) is 17.9. The second-order valence-corrected chi connectivity index (χ2v) is 7.32. The summed E-state index contributed by atoms with van der Waals surface area (Å²) in [7, 11) is 0. The van der Waals surface area contributed by atoms with Crippen molar-refractivity contribution in [3.63, 3.8) is 0 Å². The van der Waals surface area contributed by atoms with E-state index in [0.29, 0.717) is 32.7 Å². The molecule has 0 saturated heterocycles. The summed E-state index contributed by atoms with van der Waals surface area (Å²) in [5.41, 5.74) is 2.05. The van der Waals surface area contributed by atoms with Crippen LogP contribution in [0.4, 0.5) is 10.6 Å². The summed E-state index contributed by atoms with van der Waals surface area (Å²) >= 11 is 12.9. The van der Waals surface area contributed by atoms with Gasteiger partial charge in [0.2, 0.25) is 0 Å². The second kappa shape index (κ2) is 7.03. The summed E-state index contributed by atoms with van der Waals surface area (Å²) in [6.07, 6.45) is 2.73. The summed E-state index contributed by atoms with van der Waals surface area (Å²) in [4.78, 5) is 23.4. The summed E-state index contributed by atoms with van der Waals surface area (Å²) in [6.45, 7) is 0. The fourth-order valence-electron chi connectivity index (χ4n) is 3.60. The lowest BCUT2D eigenvalue weighted by atomic mass is 9.93. The quantitative estimate of drug-likeness (QED) is 0.395. The Morgan fingerprint density at radius 3 is 2.55 bits per heavy atom. The molecular weight excluding hydrogens is 409 g/mol. The molecule has 0 saturated carbocycles. The van der Waals surface area contributed by atoms with Gasteiger partial charge in [-0.15, -0.1) is 0 Å². The van der Waals surface area contributed by atoms with Crippen molar-refractivity contribution in [2.24, 2.45) is 0 Å². The maximum Gasteiger partial charge on any atom is 0.421 e. The van der Waals surface area contributed by atoms with Crippen molar-refractivity contribution in [2.75, 3.05) is 4.90 Å². The van der Waals surface area contributed by atoms with E-state index in [2.05, 4.69) is 9.97 Å². The number of ether oxygens (including phenoxy) is 1. The summed E-state index contributed by atoms with van der Waals surface area (Å²) in [5, 5.41) is 1.66. The largest absolute Gasteiger partial charge is 0.421 e. The Hall–Kier alpha value is -3.15. The van der Waals surface area contributed by atoms with Crippen molar-refractivity contribution < 1.29 is 9.53 Å². The van der Waals surface area contributed by atoms with Crippen molar-refractivity contribution >= 4 is 46.0 Å². The Morgan fingerprint density at radius 1 is 0.862 bits per heavy atom. The monoisotopic (exact) mass is 421 g/mol. The van der Waals surface area contributed by atoms with E-state index < -0.39 is 12.1 Å². The number of halogens is 2. The van der Waals surface area contributed by atoms with Gasteiger partial charge in [0.05, 0.1) is 16.1 Å². The van der Waals surface area contributed by atoms with Crippen LogP contribution in [0.1, 0.15) is 17.2 Å². The van der Waals surface area contributed by atoms with Crippen LogP contribution in [-0.2, 0) is 0 Å². The van der Waals surface area contributed by atoms with Crippen molar-refractivity contribution in [2.45, 2.75) is 6.04 Å². The SMILES string of the molecule is O=C1Oc2c(ccc3cccnc23)C(c2cccc(Cl)c2Cl)N1c1ccccn1. The molecule has 0 spiro atoms. The molecule has 29 heavy (non-hydrogen) atoms. The molecular formula is C22H13Cl2N3O2. The molecule has 2 aromatic heterocycles. The number of carbonyl (C=O) groups excluding carboxylic acids is 1. The topological polar surface area (TPSA) is 55.3 Å². The molecule has 1 amide bonds. The van der Waals surface area contributed by atoms with Gasteiger partial charge in [-0.05, 0) is 29.8 Å². The number of benzene rings is 2. The van der Waals surface area contributed by atoms with E-state index in [0.717, 1.165) is 10.9 Å². The van der Waals surface area contributed by atoms with Gasteiger partial charge < -0.3 is 4.74 Å². The van der Waals surface area contributed by atoms with Crippen LogP contribution in [0.3, 0.4) is 0 Å². The fraction of sp³-hybridized carbons (Fsp3) is 0.0455. The highest BCUT2D eigenvalue weighted by atomic mass is 35.5. The molecule has 2 aromatic carbocycles. The average Bonchev–Trinajstić information content (AvgIpc) is 2.75. The highest BCUT2D eigenvalue weighted by Crippen LogP contribution is 2.46. The van der Waals surface area contributed by atoms with Gasteiger partial charge in [0, 0.05) is 23.3 Å². The summed E-state index contributed by atoms with van der Waals surface area (Å²) in [5.74, 6) is 0.867. The van der Waals surface area contributed by atoms with Crippen LogP contribution in [0.2, 0.25) is 10.0 Å². The number of hydrogen-bond acceptors (Lipinski definition) is 4. The predicted molar refractivity (Wildman–Crippen MR) is 113 cm³/mol. The maximum atomic E-state index is 13.1. The Morgan fingerprint density at radius 2 is 1.72 bits per heavy atom. The molecule has 5 nitrogen and oxygen atoms in total. The molecule has 0 fully saturated rings. The van der Waals surface area contributed by atoms with Gasteiger partial charge in [0.25, 0.3) is 0 Å². The molecule has 5 rings (SSSR count). The minimum atomic E-state index is -0.571. The highest BCUT2D eigenvalue weighted by Gasteiger charge is 2.39. The number of hydrogen-bond donors (Lipinski definition) is 0. The Labute approximate surface area is 176 Å². The van der Waals surface area contributed by atoms with E-state index >= 15 is 0 Å². The zero-order valence-electron chi connectivity index (χ0n) is 14.9. The van der Waals surface area contributed by atoms with Crippen LogP contribution in [-0.4, -0.2) is 16.1 Å². The fourth-order valence-corrected chi connectivity index (χ4v) is 4.01. The number of pyridine rings is 2. The molecule has 1 unspecified atom stereocenters. The molecule has 0 N–H and O–H groups in total. The molecule has 1 aliphatic rings. The van der Waals surface area contributed by atoms with Crippen LogP contribution >= 0.6 is 23.2 Å². The number of amides is 1. The van der Waals surface area contributed by atoms with E-state index in [-0.39, 0.29) is 0 Å². The van der Waals surface area contributed by atoms with Gasteiger partial charge in [-0.2, -0.15) is 0 Å². The number of nitrogens with zero attached hydrogens (tertiary/aromatic N) is 3. The number of carbonyl (C=O) groups is 1. The lowest BCUT2D eigenvalue weighted by Crippen LogP contribution is -2.42. The Balaban J connectivity index is 1.82. The molecule has 0 radical (unpaired) electrons. The van der Waals surface area contributed by atoms with Crippen molar-refractivity contribution in [3.8, 4) is 5.75 Å². The van der Waals surface area contributed by atoms with Gasteiger partial charge in [-0.25, -0.2) is 14.7 Å². The molecule has 0 aliphatic carbocycles. The summed E-state index contributed by atoms with van der Waals surface area (Å²) in [6, 6.07) is 17.8. The minimum absolute atomic E-state index is 0.377. The molecule has 1 aliphatic heterocycles. The normalized spacial score (nSPS) is 15.9. The third-order valence-electron chi connectivity index (χ3n) is 4.87. The third-order valence-corrected chi connectivity index (χ3v) is 5.70. The van der Waals surface area contributed by atoms with Gasteiger partial charge in [-0.3, -0.25) is 4.98 Å². The van der Waals surface area contributed by atoms with Crippen molar-refractivity contribution in [3.05, 3.63) is 94.2 Å². The molecule has 7 heteroatoms. The van der Waals surface area contributed by atoms with E-state index in [1.807, 2.05) is 36.4 Å². The van der Waals surface area contributed by atoms with Gasteiger partial charge in [0.15, 0.2) is 5.75 Å². The molecule has 1 atom stereocenters. The van der Waals surface area contributed by atoms with E-state index in [1.165, 1.54) is 4.90 Å². The third kappa shape index (κ3) is 2.90. The average molecular weight is 422 g/mol. The lowest BCUT2D eigenvalue weighted by molar-refractivity contribution is 0.201. The Kier molecular flexibility index (Phi) is 4.34. The molecule has 3 heterocycles. The van der Waals surface area contributed by atoms with Crippen LogP contribution < -0.4 is 9.64 Å². The van der Waals surface area contributed by atoms with Crippen LogP contribution in [0.5, 0.6) is 5.75 Å². The smallest absolute Gasteiger partial charge is 0.407 e. The lowest BCUT2D eigenvalue weighted by Gasteiger charge is -2.36. The van der Waals surface area contributed by atoms with Crippen LogP contribution in [0.15, 0.2) is 73.1 Å². The first-order valence-corrected chi connectivity index (χ1v) is 9.64. The van der Waals surface area contributed by atoms with Crippen molar-refractivity contribution in [1.82, 2.24) is 9.97 Å². The van der Waals surface area contributed by atoms with E-state index in [4.69, 9.17) is 27.9 Å². The van der Waals surface area contributed by atoms with Crippen LogP contribution in [0.25, 0.3) is 10.9 Å². The first-order chi connectivity index (χ1) is 14.1. The minimum Gasteiger partial charge on any atom is -0.407 e. The predicted octanol–water partition coefficient (Wildman–Crippen LogP) is 6.05. The zero-order chi connectivity index (χ0) is 20.0. The maximum absolute atomic E-state index is 13.1.